The summed E-state index contributed by atoms with van der Waals surface area (Å²) in [4.78, 5) is 15.1. The van der Waals surface area contributed by atoms with E-state index in [4.69, 9.17) is 0 Å². The lowest BCUT2D eigenvalue weighted by molar-refractivity contribution is 0.252. The molecule has 0 radical (unpaired) electrons. The molecule has 0 bridgehead atoms. The standard InChI is InChI=1S/C17H20FN3OS/c18-15-12-13(5-6-16(15)21-9-1-2-10-21)20-17(22)19-8-7-14-4-3-11-23-14/h3-6,11-12H,1-2,7-10H2,(H2,19,20,22). The number of nitrogens with zero attached hydrogens (tertiary/aromatic N) is 1. The maximum atomic E-state index is 14.2. The number of benzene rings is 1. The molecule has 2 N–H and O–H groups in total. The predicted molar refractivity (Wildman–Crippen MR) is 92.9 cm³/mol. The van der Waals surface area contributed by atoms with Gasteiger partial charge in [0.05, 0.1) is 5.69 Å². The number of halogens is 1. The fourth-order valence-corrected chi connectivity index (χ4v) is 3.44. The van der Waals surface area contributed by atoms with E-state index in [0.29, 0.717) is 17.9 Å². The Morgan fingerprint density at radius 2 is 2.09 bits per heavy atom. The van der Waals surface area contributed by atoms with Crippen LogP contribution in [0.2, 0.25) is 0 Å². The Morgan fingerprint density at radius 3 is 2.78 bits per heavy atom. The van der Waals surface area contributed by atoms with Gasteiger partial charge in [-0.15, -0.1) is 11.3 Å². The van der Waals surface area contributed by atoms with Gasteiger partial charge in [0, 0.05) is 30.2 Å². The number of nitrogens with one attached hydrogen (secondary N) is 2. The summed E-state index contributed by atoms with van der Waals surface area (Å²) >= 11 is 1.67. The van der Waals surface area contributed by atoms with Gasteiger partial charge in [-0.3, -0.25) is 0 Å². The molecule has 6 heteroatoms. The Hall–Kier alpha value is -2.08. The topological polar surface area (TPSA) is 44.4 Å². The van der Waals surface area contributed by atoms with Crippen molar-refractivity contribution in [2.24, 2.45) is 0 Å². The van der Waals surface area contributed by atoms with Crippen LogP contribution < -0.4 is 15.5 Å². The third-order valence-electron chi connectivity index (χ3n) is 3.89. The smallest absolute Gasteiger partial charge is 0.319 e. The highest BCUT2D eigenvalue weighted by molar-refractivity contribution is 7.09. The molecule has 1 aromatic carbocycles. The van der Waals surface area contributed by atoms with Crippen LogP contribution in [0, 0.1) is 5.82 Å². The van der Waals surface area contributed by atoms with Crippen molar-refractivity contribution in [1.29, 1.82) is 0 Å². The molecule has 0 atom stereocenters. The molecular formula is C17H20FN3OS. The molecular weight excluding hydrogens is 313 g/mol. The Morgan fingerprint density at radius 1 is 1.26 bits per heavy atom. The maximum absolute atomic E-state index is 14.2. The van der Waals surface area contributed by atoms with E-state index in [1.54, 1.807) is 23.5 Å². The monoisotopic (exact) mass is 333 g/mol. The maximum Gasteiger partial charge on any atom is 0.319 e. The summed E-state index contributed by atoms with van der Waals surface area (Å²) in [6, 6.07) is 8.58. The van der Waals surface area contributed by atoms with Gasteiger partial charge in [0.2, 0.25) is 0 Å². The second-order valence-electron chi connectivity index (χ2n) is 5.57. The van der Waals surface area contributed by atoms with Crippen LogP contribution in [0.3, 0.4) is 0 Å². The molecule has 23 heavy (non-hydrogen) atoms. The molecule has 1 aliphatic rings. The van der Waals surface area contributed by atoms with Crippen molar-refractivity contribution in [1.82, 2.24) is 5.32 Å². The van der Waals surface area contributed by atoms with E-state index < -0.39 is 0 Å². The zero-order chi connectivity index (χ0) is 16.1. The fourth-order valence-electron chi connectivity index (χ4n) is 2.73. The first-order valence-corrected chi connectivity index (χ1v) is 8.72. The van der Waals surface area contributed by atoms with Gasteiger partial charge in [0.15, 0.2) is 0 Å². The highest BCUT2D eigenvalue weighted by Gasteiger charge is 2.16. The van der Waals surface area contributed by atoms with Gasteiger partial charge in [0.25, 0.3) is 0 Å². The highest BCUT2D eigenvalue weighted by atomic mass is 32.1. The van der Waals surface area contributed by atoms with Crippen molar-refractivity contribution < 1.29 is 9.18 Å². The van der Waals surface area contributed by atoms with Crippen LogP contribution in [-0.2, 0) is 6.42 Å². The summed E-state index contributed by atoms with van der Waals surface area (Å²) in [6.07, 6.45) is 3.01. The molecule has 0 spiro atoms. The second kappa shape index (κ2) is 7.46. The van der Waals surface area contributed by atoms with E-state index >= 15 is 0 Å². The number of urea groups is 1. The van der Waals surface area contributed by atoms with Gasteiger partial charge in [-0.1, -0.05) is 6.07 Å². The number of hydrogen-bond donors (Lipinski definition) is 2. The largest absolute Gasteiger partial charge is 0.369 e. The van der Waals surface area contributed by atoms with Gasteiger partial charge >= 0.3 is 6.03 Å². The van der Waals surface area contributed by atoms with Crippen molar-refractivity contribution in [2.45, 2.75) is 19.3 Å². The molecule has 0 saturated carbocycles. The zero-order valence-electron chi connectivity index (χ0n) is 12.8. The van der Waals surface area contributed by atoms with Crippen LogP contribution >= 0.6 is 11.3 Å². The third kappa shape index (κ3) is 4.22. The number of thiophene rings is 1. The third-order valence-corrected chi connectivity index (χ3v) is 4.83. The molecule has 0 aliphatic carbocycles. The molecule has 2 heterocycles. The summed E-state index contributed by atoms with van der Waals surface area (Å²) in [5.74, 6) is -0.289. The zero-order valence-corrected chi connectivity index (χ0v) is 13.7. The number of anilines is 2. The number of hydrogen-bond acceptors (Lipinski definition) is 3. The Balaban J connectivity index is 1.50. The average molecular weight is 333 g/mol. The average Bonchev–Trinajstić information content (AvgIpc) is 3.20. The summed E-state index contributed by atoms with van der Waals surface area (Å²) in [5, 5.41) is 7.47. The predicted octanol–water partition coefficient (Wildman–Crippen LogP) is 3.85. The van der Waals surface area contributed by atoms with Gasteiger partial charge in [-0.25, -0.2) is 9.18 Å². The first-order valence-electron chi connectivity index (χ1n) is 7.84. The lowest BCUT2D eigenvalue weighted by Gasteiger charge is -2.18. The van der Waals surface area contributed by atoms with E-state index in [9.17, 15) is 9.18 Å². The quantitative estimate of drug-likeness (QED) is 0.873. The van der Waals surface area contributed by atoms with Crippen molar-refractivity contribution in [3.05, 3.63) is 46.4 Å². The van der Waals surface area contributed by atoms with E-state index in [0.717, 1.165) is 32.4 Å². The number of carbonyl (C=O) groups excluding carboxylic acids is 1. The summed E-state index contributed by atoms with van der Waals surface area (Å²) in [7, 11) is 0. The lowest BCUT2D eigenvalue weighted by Crippen LogP contribution is -2.30. The van der Waals surface area contributed by atoms with Gasteiger partial charge in [-0.2, -0.15) is 0 Å². The van der Waals surface area contributed by atoms with Crippen LogP contribution in [0.5, 0.6) is 0 Å². The summed E-state index contributed by atoms with van der Waals surface area (Å²) in [6.45, 7) is 2.35. The molecule has 2 amide bonds. The second-order valence-corrected chi connectivity index (χ2v) is 6.60. The van der Waals surface area contributed by atoms with Crippen LogP contribution in [0.1, 0.15) is 17.7 Å². The molecule has 0 unspecified atom stereocenters. The van der Waals surface area contributed by atoms with Crippen molar-refractivity contribution in [2.75, 3.05) is 29.9 Å². The molecule has 3 rings (SSSR count). The molecule has 4 nitrogen and oxygen atoms in total. The van der Waals surface area contributed by atoms with Crippen LogP contribution in [0.4, 0.5) is 20.6 Å². The summed E-state index contributed by atoms with van der Waals surface area (Å²) < 4.78 is 14.2. The number of rotatable bonds is 5. The Kier molecular flexibility index (Phi) is 5.12. The SMILES string of the molecule is O=C(NCCc1cccs1)Nc1ccc(N2CCCC2)c(F)c1. The fraction of sp³-hybridized carbons (Fsp3) is 0.353. The summed E-state index contributed by atoms with van der Waals surface area (Å²) in [5.41, 5.74) is 1.09. The van der Waals surface area contributed by atoms with Gasteiger partial charge < -0.3 is 15.5 Å². The van der Waals surface area contributed by atoms with Crippen LogP contribution in [0.15, 0.2) is 35.7 Å². The lowest BCUT2D eigenvalue weighted by atomic mass is 10.2. The normalized spacial score (nSPS) is 14.0. The van der Waals surface area contributed by atoms with Gasteiger partial charge in [-0.05, 0) is 48.9 Å². The molecule has 1 aromatic heterocycles. The van der Waals surface area contributed by atoms with E-state index in [2.05, 4.69) is 10.6 Å². The first kappa shape index (κ1) is 15.8. The molecule has 1 fully saturated rings. The van der Waals surface area contributed by atoms with E-state index in [1.807, 2.05) is 22.4 Å². The minimum absolute atomic E-state index is 0.289. The van der Waals surface area contributed by atoms with E-state index in [-0.39, 0.29) is 11.8 Å². The minimum atomic E-state index is -0.310. The number of carbonyl (C=O) groups is 1. The first-order chi connectivity index (χ1) is 11.2. The van der Waals surface area contributed by atoms with Crippen molar-refractivity contribution in [3.8, 4) is 0 Å². The number of amides is 2. The van der Waals surface area contributed by atoms with Crippen molar-refractivity contribution in [3.63, 3.8) is 0 Å². The Labute approximate surface area is 139 Å². The van der Waals surface area contributed by atoms with Crippen LogP contribution in [-0.4, -0.2) is 25.7 Å². The molecule has 2 aromatic rings. The van der Waals surface area contributed by atoms with E-state index in [1.165, 1.54) is 10.9 Å². The molecule has 1 aliphatic heterocycles. The van der Waals surface area contributed by atoms with Gasteiger partial charge in [0.1, 0.15) is 5.82 Å². The minimum Gasteiger partial charge on any atom is -0.369 e. The Bertz CT molecular complexity index is 654. The molecule has 1 saturated heterocycles. The van der Waals surface area contributed by atoms with Crippen LogP contribution in [0.25, 0.3) is 0 Å². The highest BCUT2D eigenvalue weighted by Crippen LogP contribution is 2.25. The molecule has 122 valence electrons. The van der Waals surface area contributed by atoms with Crippen molar-refractivity contribution >= 4 is 28.7 Å².